The number of nitrogens with one attached hydrogen (secondary N) is 2. The lowest BCUT2D eigenvalue weighted by Crippen LogP contribution is -2.29. The monoisotopic (exact) mass is 513 g/mol. The van der Waals surface area contributed by atoms with Gasteiger partial charge in [0, 0.05) is 15.9 Å². The van der Waals surface area contributed by atoms with E-state index in [0.29, 0.717) is 22.2 Å². The first-order valence-electron chi connectivity index (χ1n) is 9.56. The summed E-state index contributed by atoms with van der Waals surface area (Å²) in [6.07, 6.45) is 2.95. The van der Waals surface area contributed by atoms with Crippen molar-refractivity contribution in [2.75, 3.05) is 17.7 Å². The largest absolute Gasteiger partial charge is 0.468 e. The van der Waals surface area contributed by atoms with Crippen LogP contribution in [0, 0.1) is 11.3 Å². The van der Waals surface area contributed by atoms with Gasteiger partial charge in [-0.15, -0.1) is 0 Å². The highest BCUT2D eigenvalue weighted by Gasteiger charge is 2.37. The van der Waals surface area contributed by atoms with Crippen LogP contribution in [0.3, 0.4) is 0 Å². The van der Waals surface area contributed by atoms with Gasteiger partial charge in [0.15, 0.2) is 0 Å². The molecule has 1 atom stereocenters. The number of nitriles is 1. The van der Waals surface area contributed by atoms with Gasteiger partial charge in [-0.1, -0.05) is 40.3 Å². The first-order chi connectivity index (χ1) is 15.4. The zero-order valence-electron chi connectivity index (χ0n) is 17.2. The smallest absolute Gasteiger partial charge is 0.337 e. The summed E-state index contributed by atoms with van der Waals surface area (Å²) in [5, 5.41) is 16.3. The van der Waals surface area contributed by atoms with Crippen molar-refractivity contribution in [1.29, 1.82) is 5.26 Å². The Morgan fingerprint density at radius 1 is 1.38 bits per heavy atom. The molecule has 3 rings (SSSR count). The fraction of sp³-hybridized carbons (Fsp3) is 0.174. The maximum Gasteiger partial charge on any atom is 0.337 e. The molecule has 2 aromatic rings. The summed E-state index contributed by atoms with van der Waals surface area (Å²) in [5.41, 5.74) is 1.75. The van der Waals surface area contributed by atoms with Crippen molar-refractivity contribution >= 4 is 45.3 Å². The number of esters is 1. The van der Waals surface area contributed by atoms with Crippen LogP contribution in [-0.2, 0) is 14.3 Å². The summed E-state index contributed by atoms with van der Waals surface area (Å²) in [6, 6.07) is 12.8. The van der Waals surface area contributed by atoms with Crippen molar-refractivity contribution in [1.82, 2.24) is 5.32 Å². The minimum absolute atomic E-state index is 0.0456. The second-order valence-corrected chi connectivity index (χ2v) is 8.60. The number of ether oxygens (including phenoxy) is 1. The van der Waals surface area contributed by atoms with Crippen LogP contribution >= 0.6 is 27.7 Å². The fourth-order valence-electron chi connectivity index (χ4n) is 3.12. The molecule has 1 aromatic carbocycles. The van der Waals surface area contributed by atoms with Crippen molar-refractivity contribution in [3.05, 3.63) is 87.4 Å². The van der Waals surface area contributed by atoms with E-state index in [9.17, 15) is 14.9 Å². The van der Waals surface area contributed by atoms with E-state index < -0.39 is 11.9 Å². The lowest BCUT2D eigenvalue weighted by atomic mass is 9.86. The molecule has 0 spiro atoms. The van der Waals surface area contributed by atoms with Crippen molar-refractivity contribution in [3.63, 3.8) is 0 Å². The summed E-state index contributed by atoms with van der Waals surface area (Å²) >= 11 is 4.53. The predicted molar refractivity (Wildman–Crippen MR) is 126 cm³/mol. The molecule has 0 radical (unpaired) electrons. The van der Waals surface area contributed by atoms with Crippen LogP contribution in [0.1, 0.15) is 18.6 Å². The third-order valence-corrected chi connectivity index (χ3v) is 6.05. The Bertz CT molecular complexity index is 1120. The standard InChI is InChI=1S/C23H20BrN3O4S/c1-3-10-31-23(29)20-14(2)26-22(17(12-25)21(20)18-5-4-11-30-18)32-13-19(28)27-16-8-6-15(24)7-9-16/h3-9,11,21,26H,1,10,13H2,2H3,(H,27,28). The molecule has 1 aliphatic heterocycles. The average Bonchev–Trinajstić information content (AvgIpc) is 3.31. The van der Waals surface area contributed by atoms with Gasteiger partial charge in [0.05, 0.1) is 40.2 Å². The summed E-state index contributed by atoms with van der Waals surface area (Å²) in [4.78, 5) is 25.1. The molecule has 0 saturated heterocycles. The molecule has 9 heteroatoms. The van der Waals surface area contributed by atoms with Crippen molar-refractivity contribution in [3.8, 4) is 6.07 Å². The van der Waals surface area contributed by atoms with E-state index in [1.54, 1.807) is 31.2 Å². The van der Waals surface area contributed by atoms with Crippen LogP contribution in [0.4, 0.5) is 5.69 Å². The lowest BCUT2D eigenvalue weighted by Gasteiger charge is -2.27. The number of furan rings is 1. The topological polar surface area (TPSA) is 104 Å². The molecular formula is C23H20BrN3O4S. The molecule has 0 bridgehead atoms. The van der Waals surface area contributed by atoms with E-state index in [4.69, 9.17) is 9.15 Å². The van der Waals surface area contributed by atoms with Crippen LogP contribution in [-0.4, -0.2) is 24.2 Å². The number of rotatable bonds is 8. The minimum atomic E-state index is -0.745. The zero-order valence-corrected chi connectivity index (χ0v) is 19.6. The van der Waals surface area contributed by atoms with Gasteiger partial charge in [0.25, 0.3) is 0 Å². The molecular weight excluding hydrogens is 494 g/mol. The van der Waals surface area contributed by atoms with E-state index in [1.165, 1.54) is 24.1 Å². The molecule has 164 valence electrons. The number of hydrogen-bond donors (Lipinski definition) is 2. The third-order valence-electron chi connectivity index (χ3n) is 4.50. The van der Waals surface area contributed by atoms with Crippen LogP contribution < -0.4 is 10.6 Å². The first kappa shape index (κ1) is 23.4. The predicted octanol–water partition coefficient (Wildman–Crippen LogP) is 4.84. The summed E-state index contributed by atoms with van der Waals surface area (Å²) < 4.78 is 11.7. The molecule has 1 aliphatic rings. The van der Waals surface area contributed by atoms with Crippen LogP contribution in [0.25, 0.3) is 0 Å². The molecule has 0 aliphatic carbocycles. The van der Waals surface area contributed by atoms with E-state index >= 15 is 0 Å². The molecule has 2 N–H and O–H groups in total. The van der Waals surface area contributed by atoms with E-state index in [0.717, 1.165) is 4.47 Å². The SMILES string of the molecule is C=CCOC(=O)C1=C(C)NC(SCC(=O)Nc2ccc(Br)cc2)=C(C#N)C1c1ccco1. The number of anilines is 1. The van der Waals surface area contributed by atoms with Crippen molar-refractivity contribution in [2.24, 2.45) is 0 Å². The first-order valence-corrected chi connectivity index (χ1v) is 11.3. The summed E-state index contributed by atoms with van der Waals surface area (Å²) in [6.45, 7) is 5.32. The third kappa shape index (κ3) is 5.52. The number of carbonyl (C=O) groups is 2. The van der Waals surface area contributed by atoms with Gasteiger partial charge in [0.1, 0.15) is 12.4 Å². The number of nitrogens with zero attached hydrogens (tertiary/aromatic N) is 1. The Morgan fingerprint density at radius 3 is 2.75 bits per heavy atom. The van der Waals surface area contributed by atoms with Gasteiger partial charge in [-0.3, -0.25) is 4.79 Å². The fourth-order valence-corrected chi connectivity index (χ4v) is 4.27. The van der Waals surface area contributed by atoms with Gasteiger partial charge in [-0.25, -0.2) is 4.79 Å². The van der Waals surface area contributed by atoms with Gasteiger partial charge >= 0.3 is 5.97 Å². The van der Waals surface area contributed by atoms with Gasteiger partial charge < -0.3 is 19.8 Å². The summed E-state index contributed by atoms with van der Waals surface area (Å²) in [7, 11) is 0. The molecule has 1 amide bonds. The summed E-state index contributed by atoms with van der Waals surface area (Å²) in [5.74, 6) is -1.04. The number of allylic oxidation sites excluding steroid dienone is 2. The number of hydrogen-bond acceptors (Lipinski definition) is 7. The zero-order chi connectivity index (χ0) is 23.1. The minimum Gasteiger partial charge on any atom is -0.468 e. The number of amides is 1. The van der Waals surface area contributed by atoms with Gasteiger partial charge in [-0.2, -0.15) is 5.26 Å². The van der Waals surface area contributed by atoms with Crippen LogP contribution in [0.15, 0.2) is 86.1 Å². The van der Waals surface area contributed by atoms with Crippen molar-refractivity contribution in [2.45, 2.75) is 12.8 Å². The molecule has 7 nitrogen and oxygen atoms in total. The Kier molecular flexibility index (Phi) is 7.98. The Morgan fingerprint density at radius 2 is 2.12 bits per heavy atom. The molecule has 1 aromatic heterocycles. The van der Waals surface area contributed by atoms with Crippen LogP contribution in [0.2, 0.25) is 0 Å². The second kappa shape index (κ2) is 10.9. The quantitative estimate of drug-likeness (QED) is 0.384. The second-order valence-electron chi connectivity index (χ2n) is 6.70. The normalized spacial score (nSPS) is 15.6. The average molecular weight is 514 g/mol. The van der Waals surface area contributed by atoms with E-state index in [1.807, 2.05) is 12.1 Å². The Hall–Kier alpha value is -3.22. The van der Waals surface area contributed by atoms with E-state index in [-0.39, 0.29) is 29.4 Å². The number of halogens is 1. The Labute approximate surface area is 198 Å². The number of dihydropyridines is 1. The number of carbonyl (C=O) groups excluding carboxylic acids is 2. The van der Waals surface area contributed by atoms with E-state index in [2.05, 4.69) is 39.2 Å². The highest BCUT2D eigenvalue weighted by atomic mass is 79.9. The van der Waals surface area contributed by atoms with Crippen LogP contribution in [0.5, 0.6) is 0 Å². The molecule has 1 unspecified atom stereocenters. The Balaban J connectivity index is 1.83. The molecule has 32 heavy (non-hydrogen) atoms. The number of thioether (sulfide) groups is 1. The number of benzene rings is 1. The molecule has 2 heterocycles. The lowest BCUT2D eigenvalue weighted by molar-refractivity contribution is -0.138. The van der Waals surface area contributed by atoms with Gasteiger partial charge in [-0.05, 0) is 43.3 Å². The maximum atomic E-state index is 12.7. The molecule has 0 saturated carbocycles. The highest BCUT2D eigenvalue weighted by Crippen LogP contribution is 2.41. The molecule has 0 fully saturated rings. The maximum absolute atomic E-state index is 12.7. The van der Waals surface area contributed by atoms with Gasteiger partial charge in [0.2, 0.25) is 5.91 Å². The van der Waals surface area contributed by atoms with Crippen molar-refractivity contribution < 1.29 is 18.7 Å². The highest BCUT2D eigenvalue weighted by molar-refractivity contribution is 9.10.